The third kappa shape index (κ3) is 2.41. The van der Waals surface area contributed by atoms with Crippen LogP contribution in [0.15, 0.2) is 4.52 Å². The second kappa shape index (κ2) is 4.74. The summed E-state index contributed by atoms with van der Waals surface area (Å²) in [6.45, 7) is 8.14. The van der Waals surface area contributed by atoms with Crippen LogP contribution < -0.4 is 5.73 Å². The van der Waals surface area contributed by atoms with Gasteiger partial charge in [-0.2, -0.15) is 4.98 Å². The molecule has 2 aromatic rings. The van der Waals surface area contributed by atoms with Gasteiger partial charge < -0.3 is 10.3 Å². The molecule has 0 aliphatic rings. The molecule has 2 rings (SSSR count). The molecule has 0 aromatic carbocycles. The number of aryl methyl sites for hydroxylation is 1. The minimum Gasteiger partial charge on any atom is -0.333 e. The first kappa shape index (κ1) is 13.1. The molecule has 0 bridgehead atoms. The highest BCUT2D eigenvalue weighted by Gasteiger charge is 2.27. The summed E-state index contributed by atoms with van der Waals surface area (Å²) in [5.41, 5.74) is 6.86. The SMILES string of the molecule is CCc1nnsc1-c1nc(C(N)C(C)(C)C)no1. The Morgan fingerprint density at radius 1 is 1.39 bits per heavy atom. The molecule has 1 atom stereocenters. The second-order valence-electron chi connectivity index (χ2n) is 5.20. The average Bonchev–Trinajstić information content (AvgIpc) is 2.94. The van der Waals surface area contributed by atoms with Crippen LogP contribution in [0.25, 0.3) is 10.8 Å². The van der Waals surface area contributed by atoms with Crippen LogP contribution >= 0.6 is 11.5 Å². The normalized spacial score (nSPS) is 13.8. The van der Waals surface area contributed by atoms with Crippen molar-refractivity contribution in [1.82, 2.24) is 19.7 Å². The highest BCUT2D eigenvalue weighted by molar-refractivity contribution is 7.09. The first-order valence-corrected chi connectivity index (χ1v) is 6.61. The zero-order valence-electron chi connectivity index (χ0n) is 11.0. The molecule has 0 aliphatic carbocycles. The fourth-order valence-electron chi connectivity index (χ4n) is 1.44. The lowest BCUT2D eigenvalue weighted by molar-refractivity contribution is 0.303. The molecule has 0 saturated carbocycles. The van der Waals surface area contributed by atoms with E-state index in [9.17, 15) is 0 Å². The minimum atomic E-state index is -0.263. The first-order chi connectivity index (χ1) is 8.43. The van der Waals surface area contributed by atoms with E-state index < -0.39 is 0 Å². The van der Waals surface area contributed by atoms with Crippen LogP contribution in [0.2, 0.25) is 0 Å². The molecular weight excluding hydrogens is 250 g/mol. The number of nitrogens with zero attached hydrogens (tertiary/aromatic N) is 4. The van der Waals surface area contributed by atoms with E-state index in [0.717, 1.165) is 17.0 Å². The lowest BCUT2D eigenvalue weighted by Crippen LogP contribution is -2.27. The zero-order valence-corrected chi connectivity index (χ0v) is 11.8. The fraction of sp³-hybridized carbons (Fsp3) is 0.636. The maximum atomic E-state index is 6.10. The Hall–Kier alpha value is -1.34. The molecular formula is C11H17N5OS. The molecule has 6 nitrogen and oxygen atoms in total. The second-order valence-corrected chi connectivity index (χ2v) is 5.96. The zero-order chi connectivity index (χ0) is 13.3. The topological polar surface area (TPSA) is 90.7 Å². The Balaban J connectivity index is 2.31. The van der Waals surface area contributed by atoms with Gasteiger partial charge in [0.05, 0.1) is 11.7 Å². The lowest BCUT2D eigenvalue weighted by atomic mass is 9.87. The number of nitrogens with two attached hydrogens (primary N) is 1. The van der Waals surface area contributed by atoms with Gasteiger partial charge in [-0.3, -0.25) is 0 Å². The smallest absolute Gasteiger partial charge is 0.271 e. The number of aromatic nitrogens is 4. The monoisotopic (exact) mass is 267 g/mol. The van der Waals surface area contributed by atoms with Gasteiger partial charge in [-0.05, 0) is 23.4 Å². The van der Waals surface area contributed by atoms with Gasteiger partial charge in [-0.15, -0.1) is 5.10 Å². The van der Waals surface area contributed by atoms with E-state index in [2.05, 4.69) is 19.7 Å². The molecule has 7 heteroatoms. The minimum absolute atomic E-state index is 0.110. The molecule has 0 spiro atoms. The van der Waals surface area contributed by atoms with E-state index in [0.29, 0.717) is 11.7 Å². The molecule has 1 unspecified atom stereocenters. The van der Waals surface area contributed by atoms with E-state index >= 15 is 0 Å². The Morgan fingerprint density at radius 2 is 2.11 bits per heavy atom. The maximum absolute atomic E-state index is 6.10. The summed E-state index contributed by atoms with van der Waals surface area (Å²) in [6.07, 6.45) is 0.787. The molecule has 0 radical (unpaired) electrons. The van der Waals surface area contributed by atoms with Gasteiger partial charge in [0.2, 0.25) is 0 Å². The van der Waals surface area contributed by atoms with Crippen LogP contribution in [0.5, 0.6) is 0 Å². The summed E-state index contributed by atoms with van der Waals surface area (Å²) in [5, 5.41) is 7.98. The molecule has 0 aliphatic heterocycles. The molecule has 2 aromatic heterocycles. The predicted molar refractivity (Wildman–Crippen MR) is 69.0 cm³/mol. The predicted octanol–water partition coefficient (Wildman–Crippen LogP) is 2.20. The summed E-state index contributed by atoms with van der Waals surface area (Å²) in [5.74, 6) is 0.976. The summed E-state index contributed by atoms with van der Waals surface area (Å²) >= 11 is 1.26. The van der Waals surface area contributed by atoms with Gasteiger partial charge >= 0.3 is 0 Å². The van der Waals surface area contributed by atoms with E-state index in [1.807, 2.05) is 27.7 Å². The van der Waals surface area contributed by atoms with Crippen molar-refractivity contribution in [2.75, 3.05) is 0 Å². The van der Waals surface area contributed by atoms with Crippen LogP contribution in [-0.4, -0.2) is 19.7 Å². The van der Waals surface area contributed by atoms with Gasteiger partial charge in [0.25, 0.3) is 5.89 Å². The van der Waals surface area contributed by atoms with Crippen LogP contribution in [0.3, 0.4) is 0 Å². The molecule has 0 amide bonds. The number of hydrogen-bond donors (Lipinski definition) is 1. The molecule has 18 heavy (non-hydrogen) atoms. The Morgan fingerprint density at radius 3 is 2.72 bits per heavy atom. The molecule has 0 saturated heterocycles. The molecule has 98 valence electrons. The van der Waals surface area contributed by atoms with Crippen molar-refractivity contribution >= 4 is 11.5 Å². The highest BCUT2D eigenvalue weighted by Crippen LogP contribution is 2.31. The maximum Gasteiger partial charge on any atom is 0.271 e. The van der Waals surface area contributed by atoms with E-state index in [4.69, 9.17) is 10.3 Å². The quantitative estimate of drug-likeness (QED) is 0.916. The fourth-order valence-corrected chi connectivity index (χ4v) is 2.12. The van der Waals surface area contributed by atoms with Crippen molar-refractivity contribution in [3.05, 3.63) is 11.5 Å². The molecule has 0 fully saturated rings. The van der Waals surface area contributed by atoms with E-state index in [-0.39, 0.29) is 11.5 Å². The summed E-state index contributed by atoms with van der Waals surface area (Å²) in [4.78, 5) is 5.19. The molecule has 2 heterocycles. The van der Waals surface area contributed by atoms with E-state index in [1.54, 1.807) is 0 Å². The largest absolute Gasteiger partial charge is 0.333 e. The van der Waals surface area contributed by atoms with Crippen molar-refractivity contribution in [3.8, 4) is 10.8 Å². The van der Waals surface area contributed by atoms with Crippen LogP contribution in [0.1, 0.15) is 45.3 Å². The third-order valence-electron chi connectivity index (χ3n) is 2.74. The molecule has 2 N–H and O–H groups in total. The standard InChI is InChI=1S/C11H17N5OS/c1-5-6-7(18-16-14-6)10-13-9(15-17-10)8(12)11(2,3)4/h8H,5,12H2,1-4H3. The van der Waals surface area contributed by atoms with E-state index in [1.165, 1.54) is 11.5 Å². The summed E-state index contributed by atoms with van der Waals surface area (Å²) in [6, 6.07) is -0.263. The summed E-state index contributed by atoms with van der Waals surface area (Å²) < 4.78 is 9.16. The van der Waals surface area contributed by atoms with Gasteiger partial charge in [-0.25, -0.2) is 0 Å². The summed E-state index contributed by atoms with van der Waals surface area (Å²) in [7, 11) is 0. The number of hydrogen-bond acceptors (Lipinski definition) is 7. The van der Waals surface area contributed by atoms with Gasteiger partial charge in [-0.1, -0.05) is 37.3 Å². The first-order valence-electron chi connectivity index (χ1n) is 5.84. The van der Waals surface area contributed by atoms with Gasteiger partial charge in [0.1, 0.15) is 4.88 Å². The highest BCUT2D eigenvalue weighted by atomic mass is 32.1. The van der Waals surface area contributed by atoms with Gasteiger partial charge in [0, 0.05) is 0 Å². The lowest BCUT2D eigenvalue weighted by Gasteiger charge is -2.23. The van der Waals surface area contributed by atoms with Crippen molar-refractivity contribution in [2.24, 2.45) is 11.1 Å². The van der Waals surface area contributed by atoms with Crippen LogP contribution in [0.4, 0.5) is 0 Å². The Labute approximate surface area is 110 Å². The Bertz CT molecular complexity index is 528. The van der Waals surface area contributed by atoms with Crippen LogP contribution in [-0.2, 0) is 6.42 Å². The average molecular weight is 267 g/mol. The number of rotatable bonds is 3. The van der Waals surface area contributed by atoms with Crippen molar-refractivity contribution < 1.29 is 4.52 Å². The Kier molecular flexibility index (Phi) is 3.45. The van der Waals surface area contributed by atoms with Crippen LogP contribution in [0, 0.1) is 5.41 Å². The van der Waals surface area contributed by atoms with Gasteiger partial charge in [0.15, 0.2) is 5.82 Å². The van der Waals surface area contributed by atoms with Crippen molar-refractivity contribution in [2.45, 2.75) is 40.2 Å². The third-order valence-corrected chi connectivity index (χ3v) is 3.49. The van der Waals surface area contributed by atoms with Crippen molar-refractivity contribution in [1.29, 1.82) is 0 Å². The van der Waals surface area contributed by atoms with Crippen molar-refractivity contribution in [3.63, 3.8) is 0 Å².